The number of hydrogen-bond donors (Lipinski definition) is 1. The molecule has 0 amide bonds. The number of benzene rings is 3. The summed E-state index contributed by atoms with van der Waals surface area (Å²) in [6.07, 6.45) is 0. The summed E-state index contributed by atoms with van der Waals surface area (Å²) >= 11 is 0. The highest BCUT2D eigenvalue weighted by Gasteiger charge is 2.19. The number of ether oxygens (including phenoxy) is 1. The second-order valence-electron chi connectivity index (χ2n) is 7.61. The third-order valence-electron chi connectivity index (χ3n) is 5.05. The molecule has 0 aliphatic carbocycles. The number of nitrogens with zero attached hydrogens (tertiary/aromatic N) is 2. The van der Waals surface area contributed by atoms with Gasteiger partial charge in [-0.25, -0.2) is 8.42 Å². The molecule has 164 valence electrons. The molecule has 7 heteroatoms. The van der Waals surface area contributed by atoms with Crippen LogP contribution < -0.4 is 9.46 Å². The summed E-state index contributed by atoms with van der Waals surface area (Å²) < 4.78 is 35.8. The molecule has 0 aliphatic heterocycles. The van der Waals surface area contributed by atoms with Gasteiger partial charge in [0.05, 0.1) is 29.4 Å². The number of aryl methyl sites for hydroxylation is 1. The molecule has 0 unspecified atom stereocenters. The van der Waals surface area contributed by atoms with E-state index in [-0.39, 0.29) is 5.75 Å². The minimum Gasteiger partial charge on any atom is -0.457 e. The van der Waals surface area contributed by atoms with Crippen molar-refractivity contribution in [3.63, 3.8) is 0 Å². The second-order valence-corrected chi connectivity index (χ2v) is 9.34. The molecule has 0 aliphatic rings. The topological polar surface area (TPSA) is 73.2 Å². The molecule has 0 atom stereocenters. The Hall–Kier alpha value is -3.58. The largest absolute Gasteiger partial charge is 0.457 e. The van der Waals surface area contributed by atoms with Gasteiger partial charge in [0.15, 0.2) is 0 Å². The van der Waals surface area contributed by atoms with Crippen molar-refractivity contribution in [3.05, 3.63) is 107 Å². The minimum atomic E-state index is -3.56. The molecule has 1 aromatic heterocycles. The summed E-state index contributed by atoms with van der Waals surface area (Å²) in [6.45, 7) is 4.17. The number of anilines is 1. The fourth-order valence-corrected chi connectivity index (χ4v) is 4.80. The fraction of sp³-hybridized carbons (Fsp3) is 0.160. The van der Waals surface area contributed by atoms with E-state index in [1.54, 1.807) is 23.7 Å². The van der Waals surface area contributed by atoms with Crippen LogP contribution in [0, 0.1) is 13.8 Å². The number of aromatic nitrogens is 2. The predicted octanol–water partition coefficient (Wildman–Crippen LogP) is 5.28. The van der Waals surface area contributed by atoms with E-state index in [4.69, 9.17) is 4.74 Å². The number of sulfonamides is 1. The van der Waals surface area contributed by atoms with Crippen LogP contribution in [0.2, 0.25) is 0 Å². The van der Waals surface area contributed by atoms with E-state index in [2.05, 4.69) is 9.82 Å². The van der Waals surface area contributed by atoms with E-state index < -0.39 is 10.0 Å². The number of hydrogen-bond acceptors (Lipinski definition) is 4. The molecule has 6 nitrogen and oxygen atoms in total. The molecule has 0 radical (unpaired) electrons. The monoisotopic (exact) mass is 447 g/mol. The molecule has 1 N–H and O–H groups in total. The number of para-hydroxylation sites is 1. The summed E-state index contributed by atoms with van der Waals surface area (Å²) in [7, 11) is -3.56. The van der Waals surface area contributed by atoms with Crippen molar-refractivity contribution in [2.75, 3.05) is 4.72 Å². The summed E-state index contributed by atoms with van der Waals surface area (Å²) in [4.78, 5) is 0. The Kier molecular flexibility index (Phi) is 6.28. The summed E-state index contributed by atoms with van der Waals surface area (Å²) in [5.74, 6) is 1.42. The van der Waals surface area contributed by atoms with Gasteiger partial charge < -0.3 is 4.74 Å². The lowest BCUT2D eigenvalue weighted by Crippen LogP contribution is -2.16. The lowest BCUT2D eigenvalue weighted by Gasteiger charge is -2.10. The Balaban J connectivity index is 1.50. The van der Waals surface area contributed by atoms with Crippen LogP contribution in [0.3, 0.4) is 0 Å². The van der Waals surface area contributed by atoms with Gasteiger partial charge in [0.2, 0.25) is 10.0 Å². The van der Waals surface area contributed by atoms with Crippen LogP contribution in [0.4, 0.5) is 5.69 Å². The van der Waals surface area contributed by atoms with E-state index in [9.17, 15) is 8.42 Å². The number of rotatable bonds is 8. The van der Waals surface area contributed by atoms with Gasteiger partial charge in [0, 0.05) is 0 Å². The van der Waals surface area contributed by atoms with Crippen LogP contribution in [0.25, 0.3) is 0 Å². The van der Waals surface area contributed by atoms with Crippen molar-refractivity contribution in [1.82, 2.24) is 9.78 Å². The Morgan fingerprint density at radius 1 is 0.844 bits per heavy atom. The van der Waals surface area contributed by atoms with Crippen LogP contribution in [-0.2, 0) is 22.3 Å². The van der Waals surface area contributed by atoms with Crippen molar-refractivity contribution in [1.29, 1.82) is 0 Å². The standard InChI is InChI=1S/C25H25N3O3S/c1-19-25(27-32(29,30)18-21-10-5-3-6-11-21)20(2)28(26-19)17-22-12-9-15-24(16-22)31-23-13-7-4-8-14-23/h3-16,27H,17-18H2,1-2H3. The summed E-state index contributed by atoms with van der Waals surface area (Å²) in [6, 6.07) is 26.5. The Morgan fingerprint density at radius 2 is 1.47 bits per heavy atom. The van der Waals surface area contributed by atoms with E-state index in [0.717, 1.165) is 28.3 Å². The van der Waals surface area contributed by atoms with Crippen molar-refractivity contribution in [2.45, 2.75) is 26.1 Å². The highest BCUT2D eigenvalue weighted by atomic mass is 32.2. The lowest BCUT2D eigenvalue weighted by molar-refractivity contribution is 0.481. The molecule has 0 bridgehead atoms. The minimum absolute atomic E-state index is 0.0865. The first-order chi connectivity index (χ1) is 15.4. The SMILES string of the molecule is Cc1nn(Cc2cccc(Oc3ccccc3)c2)c(C)c1NS(=O)(=O)Cc1ccccc1. The molecule has 0 saturated carbocycles. The quantitative estimate of drug-likeness (QED) is 0.399. The molecule has 0 fully saturated rings. The Bertz CT molecular complexity index is 1300. The van der Waals surface area contributed by atoms with Gasteiger partial charge in [-0.15, -0.1) is 0 Å². The summed E-state index contributed by atoms with van der Waals surface area (Å²) in [5.41, 5.74) is 3.66. The zero-order chi connectivity index (χ0) is 22.6. The Morgan fingerprint density at radius 3 is 2.19 bits per heavy atom. The van der Waals surface area contributed by atoms with Gasteiger partial charge in [-0.05, 0) is 49.2 Å². The molecule has 4 aromatic rings. The molecular weight excluding hydrogens is 422 g/mol. The summed E-state index contributed by atoms with van der Waals surface area (Å²) in [5, 5.41) is 4.56. The Labute approximate surface area is 188 Å². The average Bonchev–Trinajstić information content (AvgIpc) is 3.02. The second kappa shape index (κ2) is 9.28. The molecule has 3 aromatic carbocycles. The van der Waals surface area contributed by atoms with Gasteiger partial charge in [0.1, 0.15) is 11.5 Å². The molecular formula is C25H25N3O3S. The van der Waals surface area contributed by atoms with Crippen molar-refractivity contribution in [2.24, 2.45) is 0 Å². The van der Waals surface area contributed by atoms with Crippen molar-refractivity contribution >= 4 is 15.7 Å². The van der Waals surface area contributed by atoms with Crippen molar-refractivity contribution < 1.29 is 13.2 Å². The first kappa shape index (κ1) is 21.6. The smallest absolute Gasteiger partial charge is 0.237 e. The zero-order valence-corrected chi connectivity index (χ0v) is 18.8. The number of nitrogens with one attached hydrogen (secondary N) is 1. The zero-order valence-electron chi connectivity index (χ0n) is 18.0. The first-order valence-electron chi connectivity index (χ1n) is 10.3. The maximum atomic E-state index is 12.7. The van der Waals surface area contributed by atoms with Crippen LogP contribution in [0.5, 0.6) is 11.5 Å². The van der Waals surface area contributed by atoms with Crippen LogP contribution in [0.15, 0.2) is 84.9 Å². The molecule has 32 heavy (non-hydrogen) atoms. The van der Waals surface area contributed by atoms with Crippen LogP contribution in [0.1, 0.15) is 22.5 Å². The van der Waals surface area contributed by atoms with Gasteiger partial charge in [-0.3, -0.25) is 9.40 Å². The maximum Gasteiger partial charge on any atom is 0.237 e. The fourth-order valence-electron chi connectivity index (χ4n) is 3.49. The molecule has 1 heterocycles. The average molecular weight is 448 g/mol. The van der Waals surface area contributed by atoms with E-state index in [1.165, 1.54) is 0 Å². The van der Waals surface area contributed by atoms with E-state index in [1.807, 2.05) is 79.7 Å². The molecule has 0 spiro atoms. The van der Waals surface area contributed by atoms with Gasteiger partial charge in [-0.2, -0.15) is 5.10 Å². The first-order valence-corrected chi connectivity index (χ1v) is 11.9. The van der Waals surface area contributed by atoms with Crippen molar-refractivity contribution in [3.8, 4) is 11.5 Å². The van der Waals surface area contributed by atoms with Gasteiger partial charge in [0.25, 0.3) is 0 Å². The lowest BCUT2D eigenvalue weighted by atomic mass is 10.2. The third-order valence-corrected chi connectivity index (χ3v) is 6.28. The maximum absolute atomic E-state index is 12.7. The third kappa shape index (κ3) is 5.36. The van der Waals surface area contributed by atoms with Gasteiger partial charge in [-0.1, -0.05) is 60.7 Å². The van der Waals surface area contributed by atoms with E-state index >= 15 is 0 Å². The van der Waals surface area contributed by atoms with E-state index in [0.29, 0.717) is 17.9 Å². The van der Waals surface area contributed by atoms with Gasteiger partial charge >= 0.3 is 0 Å². The molecule has 4 rings (SSSR count). The van der Waals surface area contributed by atoms with Crippen LogP contribution in [-0.4, -0.2) is 18.2 Å². The van der Waals surface area contributed by atoms with Crippen LogP contribution >= 0.6 is 0 Å². The normalized spacial score (nSPS) is 11.3. The molecule has 0 saturated heterocycles. The predicted molar refractivity (Wildman–Crippen MR) is 126 cm³/mol. The highest BCUT2D eigenvalue weighted by molar-refractivity contribution is 7.91. The highest BCUT2D eigenvalue weighted by Crippen LogP contribution is 2.25.